The monoisotopic (exact) mass is 205 g/mol. The number of nitrogens with zero attached hydrogens (tertiary/aromatic N) is 2. The van der Waals surface area contributed by atoms with E-state index in [0.717, 1.165) is 19.6 Å². The molecule has 1 aromatic rings. The van der Waals surface area contributed by atoms with Crippen molar-refractivity contribution in [2.24, 2.45) is 0 Å². The van der Waals surface area contributed by atoms with Crippen LogP contribution in [0.1, 0.15) is 25.6 Å². The van der Waals surface area contributed by atoms with Crippen LogP contribution in [0.3, 0.4) is 0 Å². The Kier molecular flexibility index (Phi) is 3.34. The van der Waals surface area contributed by atoms with E-state index < -0.39 is 0 Å². The standard InChI is InChI=1S/C12H19N3/c1-10-9-15(8-7-13-10)11(2)12-5-3-4-6-14-12/h3-6,10-11,13H,7-9H2,1-2H3/t10-,11-/m0/s1. The van der Waals surface area contributed by atoms with E-state index in [-0.39, 0.29) is 0 Å². The lowest BCUT2D eigenvalue weighted by molar-refractivity contribution is 0.156. The van der Waals surface area contributed by atoms with Gasteiger partial charge in [0.25, 0.3) is 0 Å². The van der Waals surface area contributed by atoms with E-state index in [4.69, 9.17) is 0 Å². The third-order valence-electron chi connectivity index (χ3n) is 3.06. The molecule has 1 aromatic heterocycles. The van der Waals surface area contributed by atoms with Gasteiger partial charge >= 0.3 is 0 Å². The highest BCUT2D eigenvalue weighted by molar-refractivity contribution is 5.08. The summed E-state index contributed by atoms with van der Waals surface area (Å²) in [6, 6.07) is 7.15. The third-order valence-corrected chi connectivity index (χ3v) is 3.06. The Hall–Kier alpha value is -0.930. The van der Waals surface area contributed by atoms with E-state index in [1.54, 1.807) is 0 Å². The minimum Gasteiger partial charge on any atom is -0.312 e. The highest BCUT2D eigenvalue weighted by Crippen LogP contribution is 2.18. The molecule has 2 heterocycles. The van der Waals surface area contributed by atoms with Crippen molar-refractivity contribution in [2.75, 3.05) is 19.6 Å². The van der Waals surface area contributed by atoms with E-state index >= 15 is 0 Å². The van der Waals surface area contributed by atoms with Gasteiger partial charge in [0.05, 0.1) is 5.69 Å². The molecule has 0 aliphatic carbocycles. The Morgan fingerprint density at radius 1 is 1.53 bits per heavy atom. The minimum absolute atomic E-state index is 0.427. The fraction of sp³-hybridized carbons (Fsp3) is 0.583. The predicted molar refractivity (Wildman–Crippen MR) is 61.7 cm³/mol. The number of nitrogens with one attached hydrogen (secondary N) is 1. The van der Waals surface area contributed by atoms with Crippen LogP contribution in [0.25, 0.3) is 0 Å². The second kappa shape index (κ2) is 4.73. The van der Waals surface area contributed by atoms with Gasteiger partial charge in [-0.05, 0) is 26.0 Å². The summed E-state index contributed by atoms with van der Waals surface area (Å²) in [5, 5.41) is 3.46. The summed E-state index contributed by atoms with van der Waals surface area (Å²) in [4.78, 5) is 6.91. The Morgan fingerprint density at radius 2 is 2.40 bits per heavy atom. The molecule has 0 amide bonds. The molecule has 0 radical (unpaired) electrons. The van der Waals surface area contributed by atoms with Gasteiger partial charge in [0.2, 0.25) is 0 Å². The Morgan fingerprint density at radius 3 is 3.07 bits per heavy atom. The molecule has 3 nitrogen and oxygen atoms in total. The van der Waals surface area contributed by atoms with Crippen molar-refractivity contribution < 1.29 is 0 Å². The van der Waals surface area contributed by atoms with Crippen LogP contribution in [0.15, 0.2) is 24.4 Å². The van der Waals surface area contributed by atoms with Crippen LogP contribution in [0.5, 0.6) is 0 Å². The molecule has 1 fully saturated rings. The van der Waals surface area contributed by atoms with Crippen molar-refractivity contribution in [3.63, 3.8) is 0 Å². The molecule has 0 bridgehead atoms. The highest BCUT2D eigenvalue weighted by atomic mass is 15.2. The molecule has 0 unspecified atom stereocenters. The molecule has 15 heavy (non-hydrogen) atoms. The molecular weight excluding hydrogens is 186 g/mol. The van der Waals surface area contributed by atoms with E-state index in [2.05, 4.69) is 41.2 Å². The van der Waals surface area contributed by atoms with Crippen molar-refractivity contribution in [1.29, 1.82) is 0 Å². The summed E-state index contributed by atoms with van der Waals surface area (Å²) in [7, 11) is 0. The first-order valence-corrected chi connectivity index (χ1v) is 5.65. The summed E-state index contributed by atoms with van der Waals surface area (Å²) in [5.74, 6) is 0. The molecule has 1 aliphatic heterocycles. The first kappa shape index (κ1) is 10.6. The van der Waals surface area contributed by atoms with Gasteiger partial charge < -0.3 is 5.32 Å². The van der Waals surface area contributed by atoms with Gasteiger partial charge in [0.1, 0.15) is 0 Å². The van der Waals surface area contributed by atoms with Gasteiger partial charge in [0.15, 0.2) is 0 Å². The van der Waals surface area contributed by atoms with Crippen LogP contribution in [0.2, 0.25) is 0 Å². The Bertz CT molecular complexity index is 299. The van der Waals surface area contributed by atoms with Crippen LogP contribution >= 0.6 is 0 Å². The van der Waals surface area contributed by atoms with E-state index in [9.17, 15) is 0 Å². The van der Waals surface area contributed by atoms with Crippen molar-refractivity contribution in [1.82, 2.24) is 15.2 Å². The molecular formula is C12H19N3. The van der Waals surface area contributed by atoms with Crippen molar-refractivity contribution in [3.8, 4) is 0 Å². The largest absolute Gasteiger partial charge is 0.312 e. The molecule has 3 heteroatoms. The maximum Gasteiger partial charge on any atom is 0.0572 e. The number of rotatable bonds is 2. The van der Waals surface area contributed by atoms with Crippen LogP contribution in [0, 0.1) is 0 Å². The van der Waals surface area contributed by atoms with E-state index in [1.165, 1.54) is 5.69 Å². The van der Waals surface area contributed by atoms with Gasteiger partial charge in [-0.15, -0.1) is 0 Å². The molecule has 2 rings (SSSR count). The van der Waals surface area contributed by atoms with E-state index in [0.29, 0.717) is 12.1 Å². The van der Waals surface area contributed by atoms with Gasteiger partial charge in [0, 0.05) is 37.9 Å². The summed E-state index contributed by atoms with van der Waals surface area (Å²) in [6.07, 6.45) is 1.87. The van der Waals surface area contributed by atoms with Gasteiger partial charge in [-0.25, -0.2) is 0 Å². The predicted octanol–water partition coefficient (Wildman–Crippen LogP) is 1.44. The lowest BCUT2D eigenvalue weighted by atomic mass is 10.1. The van der Waals surface area contributed by atoms with Crippen molar-refractivity contribution in [3.05, 3.63) is 30.1 Å². The Labute approximate surface area is 91.5 Å². The second-order valence-corrected chi connectivity index (χ2v) is 4.28. The number of aromatic nitrogens is 1. The maximum absolute atomic E-state index is 4.42. The normalized spacial score (nSPS) is 25.1. The van der Waals surface area contributed by atoms with Crippen LogP contribution < -0.4 is 5.32 Å². The van der Waals surface area contributed by atoms with E-state index in [1.807, 2.05) is 12.3 Å². The average Bonchev–Trinajstić information content (AvgIpc) is 2.29. The van der Waals surface area contributed by atoms with Crippen LogP contribution in [-0.2, 0) is 0 Å². The zero-order chi connectivity index (χ0) is 10.7. The fourth-order valence-corrected chi connectivity index (χ4v) is 2.12. The zero-order valence-corrected chi connectivity index (χ0v) is 9.48. The summed E-state index contributed by atoms with van der Waals surface area (Å²) < 4.78 is 0. The topological polar surface area (TPSA) is 28.2 Å². The van der Waals surface area contributed by atoms with Gasteiger partial charge in [-0.3, -0.25) is 9.88 Å². The lowest BCUT2D eigenvalue weighted by Crippen LogP contribution is -2.49. The molecule has 0 aromatic carbocycles. The molecule has 82 valence electrons. The summed E-state index contributed by atoms with van der Waals surface area (Å²) in [5.41, 5.74) is 1.17. The third kappa shape index (κ3) is 2.55. The number of piperazine rings is 1. The van der Waals surface area contributed by atoms with Crippen molar-refractivity contribution in [2.45, 2.75) is 25.9 Å². The number of hydrogen-bond acceptors (Lipinski definition) is 3. The fourth-order valence-electron chi connectivity index (χ4n) is 2.12. The zero-order valence-electron chi connectivity index (χ0n) is 9.48. The average molecular weight is 205 g/mol. The smallest absolute Gasteiger partial charge is 0.0572 e. The van der Waals surface area contributed by atoms with Crippen LogP contribution in [0.4, 0.5) is 0 Å². The molecule has 1 N–H and O–H groups in total. The number of pyridine rings is 1. The van der Waals surface area contributed by atoms with Gasteiger partial charge in [-0.2, -0.15) is 0 Å². The summed E-state index contributed by atoms with van der Waals surface area (Å²) >= 11 is 0. The minimum atomic E-state index is 0.427. The highest BCUT2D eigenvalue weighted by Gasteiger charge is 2.21. The molecule has 0 spiro atoms. The maximum atomic E-state index is 4.42. The van der Waals surface area contributed by atoms with Crippen molar-refractivity contribution >= 4 is 0 Å². The molecule has 1 saturated heterocycles. The first-order valence-electron chi connectivity index (χ1n) is 5.65. The molecule has 0 saturated carbocycles. The molecule has 1 aliphatic rings. The first-order chi connectivity index (χ1) is 7.27. The van der Waals surface area contributed by atoms with Gasteiger partial charge in [-0.1, -0.05) is 6.07 Å². The lowest BCUT2D eigenvalue weighted by Gasteiger charge is -2.35. The molecule has 2 atom stereocenters. The Balaban J connectivity index is 2.04. The SMILES string of the molecule is C[C@H]1CN([C@@H](C)c2ccccn2)CCN1. The second-order valence-electron chi connectivity index (χ2n) is 4.28. The summed E-state index contributed by atoms with van der Waals surface area (Å²) in [6.45, 7) is 7.77. The quantitative estimate of drug-likeness (QED) is 0.792. The van der Waals surface area contributed by atoms with Crippen LogP contribution in [-0.4, -0.2) is 35.6 Å². The number of hydrogen-bond donors (Lipinski definition) is 1.